The zero-order chi connectivity index (χ0) is 16.4. The molecule has 0 atom stereocenters. The van der Waals surface area contributed by atoms with Crippen molar-refractivity contribution < 1.29 is 13.2 Å². The molecular formula is C16H24N2O3S2. The average Bonchev–Trinajstić information content (AvgIpc) is 3.25. The van der Waals surface area contributed by atoms with Crippen molar-refractivity contribution in [3.8, 4) is 0 Å². The summed E-state index contributed by atoms with van der Waals surface area (Å²) in [6.07, 6.45) is 4.32. The fourth-order valence-corrected chi connectivity index (χ4v) is 6.27. The van der Waals surface area contributed by atoms with Gasteiger partial charge in [0.2, 0.25) is 5.91 Å². The van der Waals surface area contributed by atoms with Gasteiger partial charge in [-0.1, -0.05) is 6.92 Å². The van der Waals surface area contributed by atoms with Gasteiger partial charge in [0.15, 0.2) is 0 Å². The molecule has 1 amide bonds. The summed E-state index contributed by atoms with van der Waals surface area (Å²) in [5, 5.41) is 0. The van der Waals surface area contributed by atoms with Gasteiger partial charge >= 0.3 is 0 Å². The summed E-state index contributed by atoms with van der Waals surface area (Å²) < 4.78 is 27.4. The molecule has 128 valence electrons. The zero-order valence-electron chi connectivity index (χ0n) is 13.5. The van der Waals surface area contributed by atoms with Crippen LogP contribution in [0.5, 0.6) is 0 Å². The number of likely N-dealkylation sites (tertiary alicyclic amines) is 1. The van der Waals surface area contributed by atoms with Crippen LogP contribution < -0.4 is 0 Å². The van der Waals surface area contributed by atoms with E-state index in [1.165, 1.54) is 11.3 Å². The van der Waals surface area contributed by atoms with E-state index in [0.717, 1.165) is 37.2 Å². The lowest BCUT2D eigenvalue weighted by Crippen LogP contribution is -2.43. The number of piperidine rings is 1. The van der Waals surface area contributed by atoms with Crippen molar-refractivity contribution in [2.45, 2.75) is 43.2 Å². The second-order valence-corrected chi connectivity index (χ2v) is 9.62. The van der Waals surface area contributed by atoms with Crippen LogP contribution in [0.15, 0.2) is 16.3 Å². The van der Waals surface area contributed by atoms with Crippen molar-refractivity contribution in [1.29, 1.82) is 0 Å². The highest BCUT2D eigenvalue weighted by atomic mass is 32.2. The Morgan fingerprint density at radius 1 is 1.17 bits per heavy atom. The number of hydrogen-bond donors (Lipinski definition) is 0. The van der Waals surface area contributed by atoms with Crippen molar-refractivity contribution in [3.63, 3.8) is 0 Å². The average molecular weight is 357 g/mol. The third kappa shape index (κ3) is 3.46. The third-order valence-corrected chi connectivity index (χ3v) is 8.40. The Kier molecular flexibility index (Phi) is 5.08. The van der Waals surface area contributed by atoms with Crippen molar-refractivity contribution in [1.82, 2.24) is 9.21 Å². The smallest absolute Gasteiger partial charge is 0.252 e. The van der Waals surface area contributed by atoms with Crippen LogP contribution in [0.1, 0.15) is 37.5 Å². The van der Waals surface area contributed by atoms with Crippen molar-refractivity contribution in [2.75, 3.05) is 26.2 Å². The van der Waals surface area contributed by atoms with E-state index in [9.17, 15) is 13.2 Å². The molecular weight excluding hydrogens is 332 g/mol. The summed E-state index contributed by atoms with van der Waals surface area (Å²) in [7, 11) is -3.39. The molecule has 7 heteroatoms. The number of nitrogens with zero attached hydrogens (tertiary/aromatic N) is 2. The van der Waals surface area contributed by atoms with E-state index in [2.05, 4.69) is 0 Å². The lowest BCUT2D eigenvalue weighted by molar-refractivity contribution is -0.135. The highest BCUT2D eigenvalue weighted by Crippen LogP contribution is 2.29. The molecule has 0 unspecified atom stereocenters. The van der Waals surface area contributed by atoms with Crippen LogP contribution >= 0.6 is 11.3 Å². The van der Waals surface area contributed by atoms with Crippen LogP contribution in [0.25, 0.3) is 0 Å². The molecule has 0 N–H and O–H groups in total. The maximum absolute atomic E-state index is 12.7. The Bertz CT molecular complexity index is 655. The number of thiophene rings is 1. The lowest BCUT2D eigenvalue weighted by atomic mass is 9.97. The molecule has 2 saturated heterocycles. The fraction of sp³-hybridized carbons (Fsp3) is 0.688. The summed E-state index contributed by atoms with van der Waals surface area (Å²) in [6, 6.07) is 3.60. The van der Waals surface area contributed by atoms with Crippen molar-refractivity contribution >= 4 is 27.3 Å². The number of amides is 1. The van der Waals surface area contributed by atoms with Gasteiger partial charge < -0.3 is 4.90 Å². The standard InChI is InChI=1S/C16H24N2O3S2/c1-2-14-5-6-15(22-14)23(20,21)18-11-7-13(8-12-18)16(19)17-9-3-4-10-17/h5-6,13H,2-4,7-12H2,1H3. The highest BCUT2D eigenvalue weighted by Gasteiger charge is 2.34. The van der Waals surface area contributed by atoms with E-state index in [1.807, 2.05) is 17.9 Å². The van der Waals surface area contributed by atoms with Crippen molar-refractivity contribution in [2.24, 2.45) is 5.92 Å². The molecule has 0 spiro atoms. The predicted octanol–water partition coefficient (Wildman–Crippen LogP) is 2.33. The first-order valence-corrected chi connectivity index (χ1v) is 10.7. The number of aryl methyl sites for hydroxylation is 1. The quantitative estimate of drug-likeness (QED) is 0.832. The van der Waals surface area contributed by atoms with Gasteiger partial charge in [0.1, 0.15) is 4.21 Å². The molecule has 23 heavy (non-hydrogen) atoms. The molecule has 0 radical (unpaired) electrons. The molecule has 5 nitrogen and oxygen atoms in total. The van der Waals surface area contributed by atoms with Gasteiger partial charge in [-0.2, -0.15) is 4.31 Å². The Morgan fingerprint density at radius 2 is 1.83 bits per heavy atom. The highest BCUT2D eigenvalue weighted by molar-refractivity contribution is 7.91. The van der Waals surface area contributed by atoms with Gasteiger partial charge in [-0.3, -0.25) is 4.79 Å². The summed E-state index contributed by atoms with van der Waals surface area (Å²) in [5.74, 6) is 0.220. The first kappa shape index (κ1) is 16.9. The third-order valence-electron chi connectivity index (χ3n) is 4.80. The van der Waals surface area contributed by atoms with Crippen LogP contribution in [-0.2, 0) is 21.2 Å². The number of hydrogen-bond acceptors (Lipinski definition) is 4. The molecule has 3 rings (SSSR count). The SMILES string of the molecule is CCc1ccc(S(=O)(=O)N2CCC(C(=O)N3CCCC3)CC2)s1. The van der Waals surface area contributed by atoms with Crippen molar-refractivity contribution in [3.05, 3.63) is 17.0 Å². The Labute approximate surface area is 142 Å². The minimum Gasteiger partial charge on any atom is -0.342 e. The first-order valence-electron chi connectivity index (χ1n) is 8.40. The summed E-state index contributed by atoms with van der Waals surface area (Å²) in [4.78, 5) is 15.5. The van der Waals surface area contributed by atoms with Crippen LogP contribution in [0.3, 0.4) is 0 Å². The Balaban J connectivity index is 1.62. The monoisotopic (exact) mass is 356 g/mol. The van der Waals surface area contributed by atoms with E-state index in [4.69, 9.17) is 0 Å². The van der Waals surface area contributed by atoms with Gasteiger partial charge in [0.25, 0.3) is 10.0 Å². The molecule has 0 aliphatic carbocycles. The molecule has 0 aromatic carbocycles. The normalized spacial score (nSPS) is 21.0. The largest absolute Gasteiger partial charge is 0.342 e. The predicted molar refractivity (Wildman–Crippen MR) is 91.0 cm³/mol. The summed E-state index contributed by atoms with van der Waals surface area (Å²) in [6.45, 7) is 4.66. The second-order valence-electron chi connectivity index (χ2n) is 6.29. The van der Waals surface area contributed by atoms with Gasteiger partial charge in [-0.05, 0) is 44.2 Å². The van der Waals surface area contributed by atoms with E-state index < -0.39 is 10.0 Å². The molecule has 3 heterocycles. The first-order chi connectivity index (χ1) is 11.0. The zero-order valence-corrected chi connectivity index (χ0v) is 15.2. The minimum absolute atomic E-state index is 0.00547. The van der Waals surface area contributed by atoms with Crippen LogP contribution in [0.4, 0.5) is 0 Å². The van der Waals surface area contributed by atoms with E-state index >= 15 is 0 Å². The summed E-state index contributed by atoms with van der Waals surface area (Å²) in [5.41, 5.74) is 0. The molecule has 0 saturated carbocycles. The number of sulfonamides is 1. The molecule has 0 bridgehead atoms. The molecule has 1 aromatic heterocycles. The van der Waals surface area contributed by atoms with Gasteiger partial charge in [0, 0.05) is 37.0 Å². The number of rotatable bonds is 4. The Hall–Kier alpha value is -0.920. The molecule has 2 aliphatic heterocycles. The Morgan fingerprint density at radius 3 is 2.39 bits per heavy atom. The van der Waals surface area contributed by atoms with E-state index in [-0.39, 0.29) is 11.8 Å². The van der Waals surface area contributed by atoms with E-state index in [1.54, 1.807) is 10.4 Å². The minimum atomic E-state index is -3.39. The van der Waals surface area contributed by atoms with Crippen LogP contribution in [0.2, 0.25) is 0 Å². The lowest BCUT2D eigenvalue weighted by Gasteiger charge is -2.32. The van der Waals surface area contributed by atoms with Gasteiger partial charge in [0.05, 0.1) is 0 Å². The number of carbonyl (C=O) groups is 1. The molecule has 1 aromatic rings. The molecule has 2 fully saturated rings. The summed E-state index contributed by atoms with van der Waals surface area (Å²) >= 11 is 1.36. The maximum atomic E-state index is 12.7. The van der Waals surface area contributed by atoms with E-state index in [0.29, 0.717) is 30.1 Å². The fourth-order valence-electron chi connectivity index (χ4n) is 3.35. The maximum Gasteiger partial charge on any atom is 0.252 e. The van der Waals surface area contributed by atoms with Crippen LogP contribution in [0, 0.1) is 5.92 Å². The number of carbonyl (C=O) groups excluding carboxylic acids is 1. The van der Waals surface area contributed by atoms with Gasteiger partial charge in [-0.25, -0.2) is 8.42 Å². The van der Waals surface area contributed by atoms with Gasteiger partial charge in [-0.15, -0.1) is 11.3 Å². The van der Waals surface area contributed by atoms with Crippen LogP contribution in [-0.4, -0.2) is 49.7 Å². The topological polar surface area (TPSA) is 57.7 Å². The molecule has 2 aliphatic rings. The second kappa shape index (κ2) is 6.91.